The maximum Gasteiger partial charge on any atom is 0.238 e. The zero-order chi connectivity index (χ0) is 12.4. The molecule has 5 nitrogen and oxygen atoms in total. The molecule has 1 unspecified atom stereocenters. The van der Waals surface area contributed by atoms with E-state index in [1.807, 2.05) is 6.92 Å². The van der Waals surface area contributed by atoms with E-state index >= 15 is 0 Å². The van der Waals surface area contributed by atoms with E-state index in [-0.39, 0.29) is 6.61 Å². The Labute approximate surface area is 96.4 Å². The molecule has 0 saturated carbocycles. The number of aliphatic hydroxyl groups is 1. The van der Waals surface area contributed by atoms with Gasteiger partial charge in [0.1, 0.15) is 5.75 Å². The Hall–Kier alpha value is -0.620. The predicted octanol–water partition coefficient (Wildman–Crippen LogP) is -0.205. The van der Waals surface area contributed by atoms with Gasteiger partial charge in [-0.3, -0.25) is 4.79 Å². The van der Waals surface area contributed by atoms with Crippen LogP contribution in [0.3, 0.4) is 0 Å². The number of carbonyl (C=O) groups is 1. The van der Waals surface area contributed by atoms with Gasteiger partial charge < -0.3 is 10.0 Å². The van der Waals surface area contributed by atoms with Crippen LogP contribution >= 0.6 is 0 Å². The molecule has 6 heteroatoms. The van der Waals surface area contributed by atoms with Crippen molar-refractivity contribution in [1.82, 2.24) is 4.90 Å². The number of aliphatic hydroxyl groups excluding tert-OH is 1. The van der Waals surface area contributed by atoms with Crippen molar-refractivity contribution >= 4 is 15.7 Å². The van der Waals surface area contributed by atoms with Crippen LogP contribution in [0.25, 0.3) is 0 Å². The smallest absolute Gasteiger partial charge is 0.238 e. The highest BCUT2D eigenvalue weighted by molar-refractivity contribution is 7.91. The molecule has 0 aromatic carbocycles. The van der Waals surface area contributed by atoms with E-state index in [9.17, 15) is 18.3 Å². The third-order valence-corrected chi connectivity index (χ3v) is 4.01. The van der Waals surface area contributed by atoms with E-state index in [0.29, 0.717) is 13.0 Å². The number of rotatable bonds is 4. The van der Waals surface area contributed by atoms with Gasteiger partial charge in [-0.1, -0.05) is 6.92 Å². The zero-order valence-corrected chi connectivity index (χ0v) is 10.6. The average Bonchev–Trinajstić information content (AvgIpc) is 2.59. The summed E-state index contributed by atoms with van der Waals surface area (Å²) in [6.07, 6.45) is 3.27. The van der Waals surface area contributed by atoms with Crippen molar-refractivity contribution in [3.8, 4) is 0 Å². The van der Waals surface area contributed by atoms with Crippen molar-refractivity contribution < 1.29 is 18.3 Å². The second kappa shape index (κ2) is 4.71. The van der Waals surface area contributed by atoms with E-state index in [1.54, 1.807) is 0 Å². The Morgan fingerprint density at radius 1 is 1.50 bits per heavy atom. The number of nitrogens with zero attached hydrogens (tertiary/aromatic N) is 1. The second-order valence-electron chi connectivity index (χ2n) is 4.46. The van der Waals surface area contributed by atoms with Gasteiger partial charge in [0.05, 0.1) is 12.1 Å². The predicted molar refractivity (Wildman–Crippen MR) is 60.8 cm³/mol. The normalized spacial score (nSPS) is 26.1. The Kier molecular flexibility index (Phi) is 3.96. The highest BCUT2D eigenvalue weighted by Crippen LogP contribution is 2.32. The van der Waals surface area contributed by atoms with Crippen molar-refractivity contribution in [2.75, 3.05) is 25.2 Å². The molecule has 0 spiro atoms. The summed E-state index contributed by atoms with van der Waals surface area (Å²) in [5.74, 6) is -0.856. The zero-order valence-electron chi connectivity index (χ0n) is 9.77. The fourth-order valence-corrected chi connectivity index (χ4v) is 2.88. The molecule has 0 aromatic heterocycles. The summed E-state index contributed by atoms with van der Waals surface area (Å²) >= 11 is 0. The van der Waals surface area contributed by atoms with Gasteiger partial charge in [0.2, 0.25) is 5.91 Å². The summed E-state index contributed by atoms with van der Waals surface area (Å²) in [4.78, 5) is 13.4. The van der Waals surface area contributed by atoms with Gasteiger partial charge in [-0.2, -0.15) is 0 Å². The van der Waals surface area contributed by atoms with Crippen molar-refractivity contribution in [2.45, 2.75) is 31.7 Å². The van der Waals surface area contributed by atoms with Crippen molar-refractivity contribution in [1.29, 1.82) is 0 Å². The standard InChI is InChI=1S/C10H19NO4S/c1-3-10(8-12)5-4-6-11(10)9(13)7-16(2,14)15/h12H,3-8H2,1-2H3. The quantitative estimate of drug-likeness (QED) is 0.748. The fraction of sp³-hybridized carbons (Fsp3) is 0.900. The number of hydrogen-bond acceptors (Lipinski definition) is 4. The molecule has 1 N–H and O–H groups in total. The fourth-order valence-electron chi connectivity index (χ4n) is 2.27. The lowest BCUT2D eigenvalue weighted by Gasteiger charge is -2.36. The Morgan fingerprint density at radius 2 is 2.12 bits per heavy atom. The molecule has 1 heterocycles. The van der Waals surface area contributed by atoms with E-state index in [1.165, 1.54) is 4.90 Å². The molecular weight excluding hydrogens is 230 g/mol. The first kappa shape index (κ1) is 13.4. The van der Waals surface area contributed by atoms with Crippen molar-refractivity contribution in [3.63, 3.8) is 0 Å². The van der Waals surface area contributed by atoms with E-state index in [0.717, 1.165) is 19.1 Å². The maximum absolute atomic E-state index is 11.8. The molecule has 1 aliphatic rings. The average molecular weight is 249 g/mol. The maximum atomic E-state index is 11.8. The van der Waals surface area contributed by atoms with Gasteiger partial charge in [-0.05, 0) is 19.3 Å². The summed E-state index contributed by atoms with van der Waals surface area (Å²) in [7, 11) is -3.30. The topological polar surface area (TPSA) is 74.7 Å². The first-order chi connectivity index (χ1) is 7.34. The van der Waals surface area contributed by atoms with Crippen LogP contribution in [0.5, 0.6) is 0 Å². The van der Waals surface area contributed by atoms with Gasteiger partial charge in [-0.15, -0.1) is 0 Å². The lowest BCUT2D eigenvalue weighted by molar-refractivity contribution is -0.134. The van der Waals surface area contributed by atoms with E-state index < -0.39 is 27.0 Å². The lowest BCUT2D eigenvalue weighted by Crippen LogP contribution is -2.51. The summed E-state index contributed by atoms with van der Waals surface area (Å²) in [6.45, 7) is 2.35. The molecule has 0 aliphatic carbocycles. The summed E-state index contributed by atoms with van der Waals surface area (Å²) in [5.41, 5.74) is -0.540. The van der Waals surface area contributed by atoms with Crippen LogP contribution in [-0.4, -0.2) is 55.0 Å². The Morgan fingerprint density at radius 3 is 2.56 bits per heavy atom. The number of sulfone groups is 1. The monoisotopic (exact) mass is 249 g/mol. The third kappa shape index (κ3) is 2.74. The summed E-state index contributed by atoms with van der Waals surface area (Å²) < 4.78 is 22.2. The van der Waals surface area contributed by atoms with Crippen LogP contribution in [0, 0.1) is 0 Å². The summed E-state index contributed by atoms with van der Waals surface area (Å²) in [5, 5.41) is 9.39. The summed E-state index contributed by atoms with van der Waals surface area (Å²) in [6, 6.07) is 0. The molecule has 1 amide bonds. The van der Waals surface area contributed by atoms with Crippen LogP contribution in [0.2, 0.25) is 0 Å². The minimum Gasteiger partial charge on any atom is -0.394 e. The molecule has 1 aliphatic heterocycles. The minimum atomic E-state index is -3.30. The first-order valence-electron chi connectivity index (χ1n) is 5.44. The molecule has 0 aromatic rings. The Balaban J connectivity index is 2.83. The molecule has 0 radical (unpaired) electrons. The molecule has 1 fully saturated rings. The van der Waals surface area contributed by atoms with Crippen LogP contribution in [0.15, 0.2) is 0 Å². The van der Waals surface area contributed by atoms with Gasteiger partial charge in [0.25, 0.3) is 0 Å². The molecule has 1 atom stereocenters. The Bertz CT molecular complexity index is 359. The van der Waals surface area contributed by atoms with Crippen molar-refractivity contribution in [2.24, 2.45) is 0 Å². The molecule has 1 saturated heterocycles. The number of carbonyl (C=O) groups excluding carboxylic acids is 1. The van der Waals surface area contributed by atoms with Gasteiger partial charge in [0, 0.05) is 12.8 Å². The number of likely N-dealkylation sites (tertiary alicyclic amines) is 1. The number of amides is 1. The molecule has 94 valence electrons. The molecule has 1 rings (SSSR count). The highest BCUT2D eigenvalue weighted by Gasteiger charge is 2.42. The van der Waals surface area contributed by atoms with Crippen LogP contribution in [0.1, 0.15) is 26.2 Å². The van der Waals surface area contributed by atoms with Crippen molar-refractivity contribution in [3.05, 3.63) is 0 Å². The first-order valence-corrected chi connectivity index (χ1v) is 7.50. The third-order valence-electron chi connectivity index (χ3n) is 3.24. The second-order valence-corrected chi connectivity index (χ2v) is 6.60. The SMILES string of the molecule is CCC1(CO)CCCN1C(=O)CS(C)(=O)=O. The highest BCUT2D eigenvalue weighted by atomic mass is 32.2. The van der Waals surface area contributed by atoms with E-state index in [2.05, 4.69) is 0 Å². The largest absolute Gasteiger partial charge is 0.394 e. The minimum absolute atomic E-state index is 0.0982. The van der Waals surface area contributed by atoms with Crippen LogP contribution in [0.4, 0.5) is 0 Å². The van der Waals surface area contributed by atoms with Gasteiger partial charge in [-0.25, -0.2) is 8.42 Å². The molecule has 16 heavy (non-hydrogen) atoms. The lowest BCUT2D eigenvalue weighted by atomic mass is 9.94. The number of hydrogen-bond donors (Lipinski definition) is 1. The molecule has 0 bridgehead atoms. The molecular formula is C10H19NO4S. The van der Waals surface area contributed by atoms with Gasteiger partial charge >= 0.3 is 0 Å². The van der Waals surface area contributed by atoms with E-state index in [4.69, 9.17) is 0 Å². The van der Waals surface area contributed by atoms with Crippen LogP contribution < -0.4 is 0 Å². The van der Waals surface area contributed by atoms with Crippen LogP contribution in [-0.2, 0) is 14.6 Å². The van der Waals surface area contributed by atoms with Gasteiger partial charge in [0.15, 0.2) is 9.84 Å².